The smallest absolute Gasteiger partial charge is 0.0708 e. The van der Waals surface area contributed by atoms with Gasteiger partial charge in [0.15, 0.2) is 0 Å². The molecule has 2 aromatic rings. The second kappa shape index (κ2) is 6.17. The fourth-order valence-electron chi connectivity index (χ4n) is 3.95. The van der Waals surface area contributed by atoms with E-state index in [0.717, 1.165) is 11.4 Å². The van der Waals surface area contributed by atoms with E-state index in [9.17, 15) is 0 Å². The van der Waals surface area contributed by atoms with Crippen molar-refractivity contribution in [1.29, 1.82) is 0 Å². The second-order valence-corrected chi connectivity index (χ2v) is 9.76. The topological polar surface area (TPSA) is 12.9 Å². The van der Waals surface area contributed by atoms with Gasteiger partial charge in [0, 0.05) is 16.5 Å². The molecule has 1 nitrogen and oxygen atoms in total. The highest BCUT2D eigenvalue weighted by atomic mass is 14.7. The molecule has 1 aromatic carbocycles. The number of nitrogens with zero attached hydrogens (tertiary/aromatic N) is 1. The summed E-state index contributed by atoms with van der Waals surface area (Å²) >= 11 is 0. The van der Waals surface area contributed by atoms with Crippen LogP contribution in [0.15, 0.2) is 24.3 Å². The Labute approximate surface area is 147 Å². The molecule has 1 saturated carbocycles. The van der Waals surface area contributed by atoms with Gasteiger partial charge in [0.1, 0.15) is 0 Å². The quantitative estimate of drug-likeness (QED) is 0.609. The minimum absolute atomic E-state index is 0.0801. The molecular formula is C23H33N. The summed E-state index contributed by atoms with van der Waals surface area (Å²) in [5.74, 6) is 0.891. The SMILES string of the molecule is CC(C)(C)c1cc(C(C)(C)C)c2cc(CC3CCCC3)ccc2n1. The Kier molecular flexibility index (Phi) is 4.49. The summed E-state index contributed by atoms with van der Waals surface area (Å²) in [6.07, 6.45) is 6.89. The van der Waals surface area contributed by atoms with Gasteiger partial charge in [0.2, 0.25) is 0 Å². The van der Waals surface area contributed by atoms with Crippen molar-refractivity contribution in [2.24, 2.45) is 5.92 Å². The fraction of sp³-hybridized carbons (Fsp3) is 0.609. The van der Waals surface area contributed by atoms with E-state index in [4.69, 9.17) is 4.98 Å². The maximum atomic E-state index is 4.99. The van der Waals surface area contributed by atoms with Crippen LogP contribution in [-0.4, -0.2) is 4.98 Å². The lowest BCUT2D eigenvalue weighted by atomic mass is 9.81. The first-order valence-electron chi connectivity index (χ1n) is 9.59. The highest BCUT2D eigenvalue weighted by molar-refractivity contribution is 5.84. The van der Waals surface area contributed by atoms with Crippen molar-refractivity contribution in [2.75, 3.05) is 0 Å². The van der Waals surface area contributed by atoms with Crippen LogP contribution in [0.4, 0.5) is 0 Å². The van der Waals surface area contributed by atoms with Crippen molar-refractivity contribution < 1.29 is 0 Å². The number of benzene rings is 1. The van der Waals surface area contributed by atoms with Gasteiger partial charge >= 0.3 is 0 Å². The minimum atomic E-state index is 0.0801. The van der Waals surface area contributed by atoms with Crippen LogP contribution in [0.2, 0.25) is 0 Å². The highest BCUT2D eigenvalue weighted by Gasteiger charge is 2.24. The van der Waals surface area contributed by atoms with Crippen molar-refractivity contribution in [1.82, 2.24) is 4.98 Å². The van der Waals surface area contributed by atoms with Gasteiger partial charge in [-0.15, -0.1) is 0 Å². The Balaban J connectivity index is 2.10. The minimum Gasteiger partial charge on any atom is -0.252 e. The van der Waals surface area contributed by atoms with E-state index in [2.05, 4.69) is 65.8 Å². The molecular weight excluding hydrogens is 290 g/mol. The first-order valence-corrected chi connectivity index (χ1v) is 9.59. The average molecular weight is 324 g/mol. The number of fused-ring (bicyclic) bond motifs is 1. The molecule has 0 bridgehead atoms. The highest BCUT2D eigenvalue weighted by Crippen LogP contribution is 2.35. The van der Waals surface area contributed by atoms with Gasteiger partial charge in [-0.25, -0.2) is 0 Å². The lowest BCUT2D eigenvalue weighted by molar-refractivity contribution is 0.546. The summed E-state index contributed by atoms with van der Waals surface area (Å²) < 4.78 is 0. The van der Waals surface area contributed by atoms with E-state index in [-0.39, 0.29) is 10.8 Å². The van der Waals surface area contributed by atoms with Crippen molar-refractivity contribution >= 4 is 10.9 Å². The first kappa shape index (κ1) is 17.5. The van der Waals surface area contributed by atoms with Gasteiger partial charge in [0.05, 0.1) is 5.52 Å². The summed E-state index contributed by atoms with van der Waals surface area (Å²) in [7, 11) is 0. The maximum absolute atomic E-state index is 4.99. The Hall–Kier alpha value is -1.37. The van der Waals surface area contributed by atoms with Crippen LogP contribution >= 0.6 is 0 Å². The van der Waals surface area contributed by atoms with E-state index in [1.54, 1.807) is 0 Å². The summed E-state index contributed by atoms with van der Waals surface area (Å²) in [5.41, 5.74) is 5.49. The molecule has 1 fully saturated rings. The molecule has 1 heteroatoms. The summed E-state index contributed by atoms with van der Waals surface area (Å²) in [6.45, 7) is 13.7. The molecule has 0 amide bonds. The molecule has 24 heavy (non-hydrogen) atoms. The monoisotopic (exact) mass is 323 g/mol. The summed E-state index contributed by atoms with van der Waals surface area (Å²) in [5, 5.41) is 1.35. The molecule has 1 aliphatic carbocycles. The van der Waals surface area contributed by atoms with Crippen LogP contribution < -0.4 is 0 Å². The van der Waals surface area contributed by atoms with Gasteiger partial charge in [-0.3, -0.25) is 4.98 Å². The van der Waals surface area contributed by atoms with Crippen molar-refractivity contribution in [3.8, 4) is 0 Å². The Morgan fingerprint density at radius 3 is 2.17 bits per heavy atom. The van der Waals surface area contributed by atoms with Gasteiger partial charge < -0.3 is 0 Å². The Morgan fingerprint density at radius 2 is 1.58 bits per heavy atom. The van der Waals surface area contributed by atoms with E-state index in [1.165, 1.54) is 54.3 Å². The predicted molar refractivity (Wildman–Crippen MR) is 105 cm³/mol. The van der Waals surface area contributed by atoms with Crippen LogP contribution in [0.1, 0.15) is 84.0 Å². The average Bonchev–Trinajstić information content (AvgIpc) is 2.97. The van der Waals surface area contributed by atoms with Crippen molar-refractivity contribution in [2.45, 2.75) is 84.5 Å². The third-order valence-electron chi connectivity index (χ3n) is 5.45. The molecule has 1 aromatic heterocycles. The summed E-state index contributed by atoms with van der Waals surface area (Å²) in [6, 6.07) is 9.34. The van der Waals surface area contributed by atoms with Crippen LogP contribution in [0.25, 0.3) is 10.9 Å². The lowest BCUT2D eigenvalue weighted by Gasteiger charge is -2.26. The van der Waals surface area contributed by atoms with Crippen LogP contribution in [0.3, 0.4) is 0 Å². The maximum Gasteiger partial charge on any atom is 0.0708 e. The molecule has 0 N–H and O–H groups in total. The van der Waals surface area contributed by atoms with E-state index >= 15 is 0 Å². The third kappa shape index (κ3) is 3.66. The van der Waals surface area contributed by atoms with E-state index < -0.39 is 0 Å². The molecule has 0 spiro atoms. The predicted octanol–water partition coefficient (Wildman–Crippen LogP) is 6.56. The molecule has 0 aliphatic heterocycles. The number of hydrogen-bond donors (Lipinski definition) is 0. The van der Waals surface area contributed by atoms with Crippen molar-refractivity contribution in [3.63, 3.8) is 0 Å². The molecule has 1 heterocycles. The molecule has 130 valence electrons. The van der Waals surface area contributed by atoms with E-state index in [1.807, 2.05) is 0 Å². The van der Waals surface area contributed by atoms with Gasteiger partial charge in [0.25, 0.3) is 0 Å². The molecule has 0 radical (unpaired) electrons. The number of rotatable bonds is 2. The fourth-order valence-corrected chi connectivity index (χ4v) is 3.95. The van der Waals surface area contributed by atoms with Crippen LogP contribution in [0.5, 0.6) is 0 Å². The largest absolute Gasteiger partial charge is 0.252 e. The molecule has 1 aliphatic rings. The van der Waals surface area contributed by atoms with Gasteiger partial charge in [-0.1, -0.05) is 73.3 Å². The lowest BCUT2D eigenvalue weighted by Crippen LogP contribution is -2.18. The second-order valence-electron chi connectivity index (χ2n) is 9.76. The third-order valence-corrected chi connectivity index (χ3v) is 5.45. The zero-order valence-corrected chi connectivity index (χ0v) is 16.4. The zero-order valence-electron chi connectivity index (χ0n) is 16.4. The Morgan fingerprint density at radius 1 is 0.917 bits per heavy atom. The molecule has 0 unspecified atom stereocenters. The van der Waals surface area contributed by atoms with Gasteiger partial charge in [-0.2, -0.15) is 0 Å². The summed E-state index contributed by atoms with van der Waals surface area (Å²) in [4.78, 5) is 4.99. The number of aromatic nitrogens is 1. The van der Waals surface area contributed by atoms with E-state index in [0.29, 0.717) is 0 Å². The number of pyridine rings is 1. The molecule has 0 atom stereocenters. The molecule has 3 rings (SSSR count). The molecule has 0 saturated heterocycles. The zero-order chi connectivity index (χ0) is 17.5. The van der Waals surface area contributed by atoms with Crippen molar-refractivity contribution in [3.05, 3.63) is 41.1 Å². The standard InChI is InChI=1S/C23H33N/c1-22(2,3)19-15-21(23(4,5)6)24-20-12-11-17(14-18(19)20)13-16-9-7-8-10-16/h11-12,14-16H,7-10,13H2,1-6H3. The van der Waals surface area contributed by atoms with Crippen LogP contribution in [0, 0.1) is 5.92 Å². The first-order chi connectivity index (χ1) is 11.1. The van der Waals surface area contributed by atoms with Crippen LogP contribution in [-0.2, 0) is 17.3 Å². The normalized spacial score (nSPS) is 16.9. The Bertz CT molecular complexity index is 722. The van der Waals surface area contributed by atoms with Gasteiger partial charge in [-0.05, 0) is 47.1 Å². The number of hydrogen-bond acceptors (Lipinski definition) is 1.